The van der Waals surface area contributed by atoms with Crippen molar-refractivity contribution in [1.82, 2.24) is 9.55 Å². The fourth-order valence-electron chi connectivity index (χ4n) is 1.45. The minimum atomic E-state index is 0.833. The van der Waals surface area contributed by atoms with Crippen LogP contribution in [-0.2, 0) is 11.3 Å². The van der Waals surface area contributed by atoms with E-state index < -0.39 is 0 Å². The monoisotopic (exact) mass is 225 g/mol. The summed E-state index contributed by atoms with van der Waals surface area (Å²) >= 11 is 0. The summed E-state index contributed by atoms with van der Waals surface area (Å²) in [5, 5.41) is 3.31. The largest absolute Gasteiger partial charge is 0.381 e. The molecule has 0 atom stereocenters. The molecule has 4 nitrogen and oxygen atoms in total. The van der Waals surface area contributed by atoms with Gasteiger partial charge in [0, 0.05) is 38.7 Å². The molecule has 0 aliphatic heterocycles. The maximum Gasteiger partial charge on any atom is 0.202 e. The van der Waals surface area contributed by atoms with Crippen molar-refractivity contribution in [1.29, 1.82) is 0 Å². The first-order valence-electron chi connectivity index (χ1n) is 6.21. The molecular weight excluding hydrogens is 202 g/mol. The molecule has 0 unspecified atom stereocenters. The van der Waals surface area contributed by atoms with Gasteiger partial charge in [0.2, 0.25) is 5.95 Å². The zero-order valence-corrected chi connectivity index (χ0v) is 10.4. The zero-order chi connectivity index (χ0) is 11.6. The number of aryl methyl sites for hydroxylation is 1. The van der Waals surface area contributed by atoms with E-state index in [2.05, 4.69) is 28.7 Å². The van der Waals surface area contributed by atoms with E-state index in [-0.39, 0.29) is 0 Å². The van der Waals surface area contributed by atoms with Crippen molar-refractivity contribution < 1.29 is 4.74 Å². The van der Waals surface area contributed by atoms with Crippen LogP contribution in [0.25, 0.3) is 0 Å². The van der Waals surface area contributed by atoms with Gasteiger partial charge in [0.1, 0.15) is 0 Å². The minimum Gasteiger partial charge on any atom is -0.381 e. The van der Waals surface area contributed by atoms with Gasteiger partial charge in [0.05, 0.1) is 0 Å². The standard InChI is InChI=1S/C12H23N3O/c1-3-5-10-16-11-6-7-13-12-14-8-9-15(12)4-2/h8-9H,3-7,10-11H2,1-2H3,(H,13,14). The number of hydrogen-bond donors (Lipinski definition) is 1. The summed E-state index contributed by atoms with van der Waals surface area (Å²) in [5.74, 6) is 0.955. The summed E-state index contributed by atoms with van der Waals surface area (Å²) in [5.41, 5.74) is 0. The molecule has 4 heteroatoms. The summed E-state index contributed by atoms with van der Waals surface area (Å²) in [6.45, 7) is 7.88. The maximum atomic E-state index is 5.48. The van der Waals surface area contributed by atoms with Crippen LogP contribution in [0, 0.1) is 0 Å². The molecule has 1 aromatic rings. The van der Waals surface area contributed by atoms with Crippen molar-refractivity contribution in [3.05, 3.63) is 12.4 Å². The Labute approximate surface area is 98.0 Å². The van der Waals surface area contributed by atoms with E-state index >= 15 is 0 Å². The number of nitrogens with one attached hydrogen (secondary N) is 1. The molecule has 0 aromatic carbocycles. The lowest BCUT2D eigenvalue weighted by molar-refractivity contribution is 0.131. The molecule has 0 spiro atoms. The van der Waals surface area contributed by atoms with Crippen LogP contribution < -0.4 is 5.32 Å². The van der Waals surface area contributed by atoms with Gasteiger partial charge in [-0.25, -0.2) is 4.98 Å². The molecular formula is C12H23N3O. The fourth-order valence-corrected chi connectivity index (χ4v) is 1.45. The first-order valence-corrected chi connectivity index (χ1v) is 6.21. The number of unbranched alkanes of at least 4 members (excludes halogenated alkanes) is 1. The normalized spacial score (nSPS) is 10.6. The predicted molar refractivity (Wildman–Crippen MR) is 66.7 cm³/mol. The molecule has 92 valence electrons. The fraction of sp³-hybridized carbons (Fsp3) is 0.750. The van der Waals surface area contributed by atoms with Gasteiger partial charge in [-0.1, -0.05) is 13.3 Å². The van der Waals surface area contributed by atoms with Crippen LogP contribution >= 0.6 is 0 Å². The highest BCUT2D eigenvalue weighted by atomic mass is 16.5. The van der Waals surface area contributed by atoms with Gasteiger partial charge in [-0.2, -0.15) is 0 Å². The summed E-state index contributed by atoms with van der Waals surface area (Å²) in [7, 11) is 0. The molecule has 1 N–H and O–H groups in total. The highest BCUT2D eigenvalue weighted by Gasteiger charge is 1.98. The molecule has 0 fully saturated rings. The van der Waals surface area contributed by atoms with Gasteiger partial charge >= 0.3 is 0 Å². The minimum absolute atomic E-state index is 0.833. The van der Waals surface area contributed by atoms with Crippen LogP contribution in [-0.4, -0.2) is 29.3 Å². The van der Waals surface area contributed by atoms with Crippen molar-refractivity contribution >= 4 is 5.95 Å². The Bertz CT molecular complexity index is 273. The second-order valence-corrected chi connectivity index (χ2v) is 3.78. The first-order chi connectivity index (χ1) is 7.88. The third kappa shape index (κ3) is 4.66. The van der Waals surface area contributed by atoms with Gasteiger partial charge in [-0.05, 0) is 19.8 Å². The van der Waals surface area contributed by atoms with E-state index in [0.717, 1.165) is 45.1 Å². The molecule has 0 bridgehead atoms. The molecule has 1 heterocycles. The highest BCUT2D eigenvalue weighted by Crippen LogP contribution is 2.03. The highest BCUT2D eigenvalue weighted by molar-refractivity contribution is 5.25. The molecule has 0 aliphatic carbocycles. The summed E-state index contributed by atoms with van der Waals surface area (Å²) in [6, 6.07) is 0. The maximum absolute atomic E-state index is 5.48. The third-order valence-corrected chi connectivity index (χ3v) is 2.45. The van der Waals surface area contributed by atoms with Crippen LogP contribution in [0.15, 0.2) is 12.4 Å². The van der Waals surface area contributed by atoms with E-state index in [9.17, 15) is 0 Å². The van der Waals surface area contributed by atoms with Crippen LogP contribution in [0.2, 0.25) is 0 Å². The number of anilines is 1. The van der Waals surface area contributed by atoms with Crippen LogP contribution in [0.3, 0.4) is 0 Å². The number of ether oxygens (including phenoxy) is 1. The van der Waals surface area contributed by atoms with Gasteiger partial charge < -0.3 is 14.6 Å². The Balaban J connectivity index is 2.03. The van der Waals surface area contributed by atoms with Crippen molar-refractivity contribution in [2.24, 2.45) is 0 Å². The summed E-state index contributed by atoms with van der Waals surface area (Å²) in [4.78, 5) is 4.25. The van der Waals surface area contributed by atoms with Gasteiger partial charge in [-0.15, -0.1) is 0 Å². The van der Waals surface area contributed by atoms with Gasteiger partial charge in [0.25, 0.3) is 0 Å². The smallest absolute Gasteiger partial charge is 0.202 e. The lowest BCUT2D eigenvalue weighted by atomic mass is 10.4. The number of nitrogens with zero attached hydrogens (tertiary/aromatic N) is 2. The lowest BCUT2D eigenvalue weighted by Gasteiger charge is -2.07. The average molecular weight is 225 g/mol. The number of hydrogen-bond acceptors (Lipinski definition) is 3. The first kappa shape index (κ1) is 13.0. The van der Waals surface area contributed by atoms with Crippen LogP contribution in [0.4, 0.5) is 5.95 Å². The Morgan fingerprint density at radius 1 is 1.31 bits per heavy atom. The van der Waals surface area contributed by atoms with E-state index in [0.29, 0.717) is 0 Å². The Morgan fingerprint density at radius 2 is 2.12 bits per heavy atom. The molecule has 0 radical (unpaired) electrons. The quantitative estimate of drug-likeness (QED) is 0.656. The van der Waals surface area contributed by atoms with Crippen molar-refractivity contribution in [2.45, 2.75) is 39.7 Å². The van der Waals surface area contributed by atoms with E-state index in [1.807, 2.05) is 12.4 Å². The average Bonchev–Trinajstić information content (AvgIpc) is 2.75. The van der Waals surface area contributed by atoms with Gasteiger partial charge in [0.15, 0.2) is 0 Å². The molecule has 16 heavy (non-hydrogen) atoms. The molecule has 0 aliphatic rings. The van der Waals surface area contributed by atoms with E-state index in [1.54, 1.807) is 0 Å². The van der Waals surface area contributed by atoms with Crippen LogP contribution in [0.5, 0.6) is 0 Å². The molecule has 0 saturated heterocycles. The Morgan fingerprint density at radius 3 is 2.88 bits per heavy atom. The predicted octanol–water partition coefficient (Wildman–Crippen LogP) is 2.52. The van der Waals surface area contributed by atoms with Crippen molar-refractivity contribution in [3.8, 4) is 0 Å². The topological polar surface area (TPSA) is 39.1 Å². The molecule has 0 amide bonds. The van der Waals surface area contributed by atoms with E-state index in [1.165, 1.54) is 6.42 Å². The van der Waals surface area contributed by atoms with Crippen molar-refractivity contribution in [3.63, 3.8) is 0 Å². The second-order valence-electron chi connectivity index (χ2n) is 3.78. The van der Waals surface area contributed by atoms with Crippen LogP contribution in [0.1, 0.15) is 33.1 Å². The Kier molecular flexibility index (Phi) is 6.65. The summed E-state index contributed by atoms with van der Waals surface area (Å²) in [6.07, 6.45) is 7.20. The number of rotatable bonds is 9. The van der Waals surface area contributed by atoms with Gasteiger partial charge in [-0.3, -0.25) is 0 Å². The molecule has 0 saturated carbocycles. The SMILES string of the molecule is CCCCOCCCNc1nccn1CC. The summed E-state index contributed by atoms with van der Waals surface area (Å²) < 4.78 is 7.58. The Hall–Kier alpha value is -1.03. The lowest BCUT2D eigenvalue weighted by Crippen LogP contribution is -2.10. The molecule has 1 rings (SSSR count). The third-order valence-electron chi connectivity index (χ3n) is 2.45. The number of imidazole rings is 1. The zero-order valence-electron chi connectivity index (χ0n) is 10.4. The second kappa shape index (κ2) is 8.16. The van der Waals surface area contributed by atoms with Crippen molar-refractivity contribution in [2.75, 3.05) is 25.1 Å². The van der Waals surface area contributed by atoms with E-state index in [4.69, 9.17) is 4.74 Å². The number of aromatic nitrogens is 2. The molecule has 1 aromatic heterocycles.